The Balaban J connectivity index is 2.32. The van der Waals surface area contributed by atoms with Crippen molar-refractivity contribution in [3.05, 3.63) is 17.8 Å². The van der Waals surface area contributed by atoms with E-state index >= 15 is 0 Å². The average molecular weight is 234 g/mol. The Labute approximate surface area is 103 Å². The third kappa shape index (κ3) is 2.05. The maximum atomic E-state index is 5.97. The summed E-state index contributed by atoms with van der Waals surface area (Å²) in [4.78, 5) is 4.10. The molecule has 1 saturated heterocycles. The van der Waals surface area contributed by atoms with Gasteiger partial charge in [0.15, 0.2) is 0 Å². The summed E-state index contributed by atoms with van der Waals surface area (Å²) >= 11 is 0. The van der Waals surface area contributed by atoms with Crippen LogP contribution >= 0.6 is 0 Å². The van der Waals surface area contributed by atoms with Crippen molar-refractivity contribution >= 4 is 18.4 Å². The number of aryl methyl sites for hydroxylation is 1. The van der Waals surface area contributed by atoms with E-state index in [1.807, 2.05) is 40.7 Å². The number of anilines is 1. The van der Waals surface area contributed by atoms with Gasteiger partial charge in [0.05, 0.1) is 11.2 Å². The maximum absolute atomic E-state index is 5.97. The molecule has 92 valence electrons. The van der Waals surface area contributed by atoms with Crippen LogP contribution in [0.4, 0.5) is 5.82 Å². The molecule has 0 spiro atoms. The first-order valence-electron chi connectivity index (χ1n) is 5.80. The summed E-state index contributed by atoms with van der Waals surface area (Å²) < 4.78 is 11.9. The van der Waals surface area contributed by atoms with Crippen LogP contribution in [0.15, 0.2) is 12.3 Å². The maximum Gasteiger partial charge on any atom is 0.496 e. The van der Waals surface area contributed by atoms with Crippen LogP contribution in [0.2, 0.25) is 0 Å². The van der Waals surface area contributed by atoms with E-state index in [1.54, 1.807) is 6.20 Å². The van der Waals surface area contributed by atoms with Crippen molar-refractivity contribution in [2.45, 2.75) is 45.8 Å². The van der Waals surface area contributed by atoms with Crippen LogP contribution in [-0.4, -0.2) is 23.3 Å². The molecular formula is C12H19BN2O2. The van der Waals surface area contributed by atoms with E-state index in [0.717, 1.165) is 11.0 Å². The van der Waals surface area contributed by atoms with E-state index in [2.05, 4.69) is 4.98 Å². The molecule has 2 heterocycles. The summed E-state index contributed by atoms with van der Waals surface area (Å²) in [5.41, 5.74) is 6.96. The lowest BCUT2D eigenvalue weighted by atomic mass is 9.77. The van der Waals surface area contributed by atoms with Gasteiger partial charge < -0.3 is 15.0 Å². The highest BCUT2D eigenvalue weighted by molar-refractivity contribution is 6.62. The first kappa shape index (κ1) is 12.4. The number of rotatable bonds is 1. The normalized spacial score (nSPS) is 21.8. The molecule has 0 aromatic carbocycles. The van der Waals surface area contributed by atoms with Gasteiger partial charge in [0.25, 0.3) is 0 Å². The highest BCUT2D eigenvalue weighted by Crippen LogP contribution is 2.36. The van der Waals surface area contributed by atoms with Crippen LogP contribution in [0.3, 0.4) is 0 Å². The summed E-state index contributed by atoms with van der Waals surface area (Å²) in [5, 5.41) is 0. The van der Waals surface area contributed by atoms with E-state index in [1.165, 1.54) is 0 Å². The summed E-state index contributed by atoms with van der Waals surface area (Å²) in [7, 11) is -0.368. The third-order valence-corrected chi connectivity index (χ3v) is 3.68. The molecule has 1 aliphatic rings. The monoisotopic (exact) mass is 234 g/mol. The van der Waals surface area contributed by atoms with E-state index in [-0.39, 0.29) is 18.3 Å². The Bertz CT molecular complexity index is 430. The minimum atomic E-state index is -0.368. The van der Waals surface area contributed by atoms with E-state index in [9.17, 15) is 0 Å². The van der Waals surface area contributed by atoms with Crippen LogP contribution in [-0.2, 0) is 9.31 Å². The second kappa shape index (κ2) is 3.72. The van der Waals surface area contributed by atoms with Gasteiger partial charge in [-0.25, -0.2) is 4.98 Å². The van der Waals surface area contributed by atoms with Gasteiger partial charge in [-0.3, -0.25) is 0 Å². The molecule has 0 aliphatic carbocycles. The molecule has 1 fully saturated rings. The van der Waals surface area contributed by atoms with Crippen molar-refractivity contribution in [3.63, 3.8) is 0 Å². The van der Waals surface area contributed by atoms with Crippen molar-refractivity contribution in [1.82, 2.24) is 4.98 Å². The van der Waals surface area contributed by atoms with Crippen molar-refractivity contribution in [2.24, 2.45) is 0 Å². The fraction of sp³-hybridized carbons (Fsp3) is 0.583. The predicted molar refractivity (Wildman–Crippen MR) is 69.1 cm³/mol. The SMILES string of the molecule is Cc1cc(N)ncc1B1OC(C)(C)C(C)(C)O1. The zero-order valence-electron chi connectivity index (χ0n) is 11.1. The number of nitrogens with two attached hydrogens (primary N) is 1. The quantitative estimate of drug-likeness (QED) is 0.743. The molecule has 1 aromatic rings. The van der Waals surface area contributed by atoms with E-state index < -0.39 is 0 Å². The van der Waals surface area contributed by atoms with Gasteiger partial charge in [-0.2, -0.15) is 0 Å². The number of pyridine rings is 1. The molecule has 0 saturated carbocycles. The van der Waals surface area contributed by atoms with Crippen LogP contribution in [0.5, 0.6) is 0 Å². The van der Waals surface area contributed by atoms with Gasteiger partial charge >= 0.3 is 7.12 Å². The number of hydrogen-bond donors (Lipinski definition) is 1. The number of nitrogen functional groups attached to an aromatic ring is 1. The molecule has 0 atom stereocenters. The van der Waals surface area contributed by atoms with Gasteiger partial charge in [-0.05, 0) is 46.2 Å². The Hall–Kier alpha value is -1.07. The van der Waals surface area contributed by atoms with Gasteiger partial charge in [0, 0.05) is 11.7 Å². The lowest BCUT2D eigenvalue weighted by Crippen LogP contribution is -2.41. The van der Waals surface area contributed by atoms with E-state index in [0.29, 0.717) is 5.82 Å². The summed E-state index contributed by atoms with van der Waals surface area (Å²) in [6, 6.07) is 1.83. The first-order valence-corrected chi connectivity index (χ1v) is 5.80. The summed E-state index contributed by atoms with van der Waals surface area (Å²) in [6.07, 6.45) is 1.73. The fourth-order valence-electron chi connectivity index (χ4n) is 1.81. The average Bonchev–Trinajstić information content (AvgIpc) is 2.35. The molecule has 4 nitrogen and oxygen atoms in total. The van der Waals surface area contributed by atoms with Crippen LogP contribution in [0, 0.1) is 6.92 Å². The molecule has 0 radical (unpaired) electrons. The number of nitrogens with zero attached hydrogens (tertiary/aromatic N) is 1. The lowest BCUT2D eigenvalue weighted by molar-refractivity contribution is 0.00578. The summed E-state index contributed by atoms with van der Waals surface area (Å²) in [5.74, 6) is 0.516. The smallest absolute Gasteiger partial charge is 0.399 e. The molecule has 0 amide bonds. The number of hydrogen-bond acceptors (Lipinski definition) is 4. The summed E-state index contributed by atoms with van der Waals surface area (Å²) in [6.45, 7) is 10.1. The van der Waals surface area contributed by atoms with Gasteiger partial charge in [0.2, 0.25) is 0 Å². The van der Waals surface area contributed by atoms with Gasteiger partial charge in [0.1, 0.15) is 5.82 Å². The third-order valence-electron chi connectivity index (χ3n) is 3.68. The molecule has 2 rings (SSSR count). The molecule has 2 N–H and O–H groups in total. The van der Waals surface area contributed by atoms with E-state index in [4.69, 9.17) is 15.0 Å². The molecule has 1 aromatic heterocycles. The number of aromatic nitrogens is 1. The molecule has 17 heavy (non-hydrogen) atoms. The molecule has 5 heteroatoms. The predicted octanol–water partition coefficient (Wildman–Crippen LogP) is 1.27. The molecular weight excluding hydrogens is 215 g/mol. The van der Waals surface area contributed by atoms with Gasteiger partial charge in [-0.15, -0.1) is 0 Å². The van der Waals surface area contributed by atoms with Crippen molar-refractivity contribution in [1.29, 1.82) is 0 Å². The zero-order valence-corrected chi connectivity index (χ0v) is 11.1. The second-order valence-electron chi connectivity index (χ2n) is 5.55. The van der Waals surface area contributed by atoms with Crippen molar-refractivity contribution in [2.75, 3.05) is 5.73 Å². The molecule has 1 aliphatic heterocycles. The van der Waals surface area contributed by atoms with Crippen molar-refractivity contribution < 1.29 is 9.31 Å². The first-order chi connectivity index (χ1) is 7.73. The van der Waals surface area contributed by atoms with Crippen LogP contribution in [0.1, 0.15) is 33.3 Å². The second-order valence-corrected chi connectivity index (χ2v) is 5.55. The molecule has 0 bridgehead atoms. The Morgan fingerprint density at radius 2 is 1.71 bits per heavy atom. The Kier molecular flexibility index (Phi) is 2.71. The van der Waals surface area contributed by atoms with Crippen LogP contribution < -0.4 is 11.2 Å². The largest absolute Gasteiger partial charge is 0.496 e. The fourth-order valence-corrected chi connectivity index (χ4v) is 1.81. The minimum Gasteiger partial charge on any atom is -0.399 e. The van der Waals surface area contributed by atoms with Gasteiger partial charge in [-0.1, -0.05) is 0 Å². The highest BCUT2D eigenvalue weighted by Gasteiger charge is 2.52. The molecule has 0 unspecified atom stereocenters. The van der Waals surface area contributed by atoms with Crippen molar-refractivity contribution in [3.8, 4) is 0 Å². The Morgan fingerprint density at radius 1 is 1.18 bits per heavy atom. The zero-order chi connectivity index (χ0) is 12.8. The Morgan fingerprint density at radius 3 is 2.18 bits per heavy atom. The standard InChI is InChI=1S/C12H19BN2O2/c1-8-6-10(14)15-7-9(8)13-16-11(2,3)12(4,5)17-13/h6-7H,1-5H3,(H2,14,15). The van der Waals surface area contributed by atoms with Crippen LogP contribution in [0.25, 0.3) is 0 Å². The minimum absolute atomic E-state index is 0.328. The lowest BCUT2D eigenvalue weighted by Gasteiger charge is -2.32. The topological polar surface area (TPSA) is 57.4 Å². The highest BCUT2D eigenvalue weighted by atomic mass is 16.7.